The first-order chi connectivity index (χ1) is 4.95. The summed E-state index contributed by atoms with van der Waals surface area (Å²) >= 11 is 0. The van der Waals surface area contributed by atoms with Crippen molar-refractivity contribution < 1.29 is 0 Å². The number of hydrogen-bond donors (Lipinski definition) is 2. The Morgan fingerprint density at radius 1 is 1.60 bits per heavy atom. The molecule has 4 nitrogen and oxygen atoms in total. The van der Waals surface area contributed by atoms with Crippen LogP contribution in [0.25, 0.3) is 0 Å². The number of nitrogens with zero attached hydrogens (tertiary/aromatic N) is 2. The monoisotopic (exact) mass is 138 g/mol. The normalized spacial score (nSPS) is 48.0. The van der Waals surface area contributed by atoms with E-state index in [0.29, 0.717) is 6.17 Å². The van der Waals surface area contributed by atoms with Gasteiger partial charge in [-0.25, -0.2) is 5.43 Å². The van der Waals surface area contributed by atoms with Crippen molar-refractivity contribution in [3.05, 3.63) is 0 Å². The van der Waals surface area contributed by atoms with Gasteiger partial charge in [-0.15, -0.1) is 0 Å². The van der Waals surface area contributed by atoms with Gasteiger partial charge in [0.2, 0.25) is 0 Å². The maximum absolute atomic E-state index is 3.99. The average molecular weight is 138 g/mol. The molecule has 54 valence electrons. The fourth-order valence-electron chi connectivity index (χ4n) is 1.86. The second-order valence-electron chi connectivity index (χ2n) is 3.25. The predicted molar refractivity (Wildman–Crippen MR) is 36.9 cm³/mol. The number of hydrazine groups is 1. The van der Waals surface area contributed by atoms with Crippen LogP contribution in [0, 0.1) is 11.8 Å². The highest BCUT2D eigenvalue weighted by Crippen LogP contribution is 2.44. The van der Waals surface area contributed by atoms with Gasteiger partial charge in [0.25, 0.3) is 0 Å². The molecule has 0 aromatic heterocycles. The quantitative estimate of drug-likeness (QED) is 0.465. The molecule has 0 aromatic rings. The Labute approximate surface area is 59.2 Å². The maximum Gasteiger partial charge on any atom is 0.134 e. The van der Waals surface area contributed by atoms with Crippen LogP contribution >= 0.6 is 0 Å². The number of fused-ring (bicyclic) bond motifs is 3. The van der Waals surface area contributed by atoms with Crippen molar-refractivity contribution in [1.29, 1.82) is 0 Å². The summed E-state index contributed by atoms with van der Waals surface area (Å²) in [7, 11) is 0. The molecule has 0 amide bonds. The Hall–Kier alpha value is -0.770. The Kier molecular flexibility index (Phi) is 0.718. The number of nitrogens with one attached hydrogen (secondary N) is 2. The molecule has 3 aliphatic rings. The molecule has 2 heterocycles. The van der Waals surface area contributed by atoms with Crippen molar-refractivity contribution in [2.24, 2.45) is 16.9 Å². The molecule has 0 bridgehead atoms. The van der Waals surface area contributed by atoms with E-state index in [2.05, 4.69) is 21.0 Å². The lowest BCUT2D eigenvalue weighted by atomic mass is 10.2. The second kappa shape index (κ2) is 1.45. The Morgan fingerprint density at radius 2 is 2.60 bits per heavy atom. The highest BCUT2D eigenvalue weighted by molar-refractivity contribution is 5.56. The zero-order chi connectivity index (χ0) is 6.55. The summed E-state index contributed by atoms with van der Waals surface area (Å²) in [6.07, 6.45) is 3.66. The SMILES string of the molecule is C1=NNC2C3CC3CNN12. The van der Waals surface area contributed by atoms with Gasteiger partial charge in [0.1, 0.15) is 12.5 Å². The van der Waals surface area contributed by atoms with Gasteiger partial charge in [0.05, 0.1) is 0 Å². The smallest absolute Gasteiger partial charge is 0.134 e. The van der Waals surface area contributed by atoms with Crippen molar-refractivity contribution >= 4 is 6.34 Å². The van der Waals surface area contributed by atoms with Crippen LogP contribution in [0.15, 0.2) is 5.10 Å². The van der Waals surface area contributed by atoms with Crippen molar-refractivity contribution in [2.75, 3.05) is 6.54 Å². The van der Waals surface area contributed by atoms with E-state index in [4.69, 9.17) is 0 Å². The summed E-state index contributed by atoms with van der Waals surface area (Å²) < 4.78 is 0. The fourth-order valence-corrected chi connectivity index (χ4v) is 1.86. The Bertz CT molecular complexity index is 190. The zero-order valence-corrected chi connectivity index (χ0v) is 5.62. The molecule has 3 unspecified atom stereocenters. The molecule has 1 saturated carbocycles. The lowest BCUT2D eigenvalue weighted by molar-refractivity contribution is 0.162. The number of rotatable bonds is 0. The van der Waals surface area contributed by atoms with Crippen molar-refractivity contribution in [2.45, 2.75) is 12.6 Å². The minimum absolute atomic E-state index is 0.457. The van der Waals surface area contributed by atoms with E-state index in [0.717, 1.165) is 18.4 Å². The lowest BCUT2D eigenvalue weighted by Gasteiger charge is -2.28. The molecule has 2 N–H and O–H groups in total. The molecule has 4 heteroatoms. The summed E-state index contributed by atoms with van der Waals surface area (Å²) in [5.74, 6) is 1.76. The van der Waals surface area contributed by atoms with Gasteiger partial charge in [-0.05, 0) is 12.3 Å². The third-order valence-electron chi connectivity index (χ3n) is 2.61. The first kappa shape index (κ1) is 4.96. The van der Waals surface area contributed by atoms with Crippen molar-refractivity contribution in [3.63, 3.8) is 0 Å². The molecule has 2 fully saturated rings. The third kappa shape index (κ3) is 0.478. The predicted octanol–water partition coefficient (Wildman–Crippen LogP) is -0.685. The van der Waals surface area contributed by atoms with Gasteiger partial charge in [0, 0.05) is 12.5 Å². The van der Waals surface area contributed by atoms with Gasteiger partial charge in [-0.3, -0.25) is 10.4 Å². The summed E-state index contributed by atoms with van der Waals surface area (Å²) in [6.45, 7) is 1.13. The number of hydrazone groups is 1. The van der Waals surface area contributed by atoms with E-state index in [1.165, 1.54) is 6.42 Å². The molecule has 3 atom stereocenters. The van der Waals surface area contributed by atoms with E-state index < -0.39 is 0 Å². The minimum atomic E-state index is 0.457. The highest BCUT2D eigenvalue weighted by Gasteiger charge is 2.49. The van der Waals surface area contributed by atoms with Crippen LogP contribution in [0.1, 0.15) is 6.42 Å². The van der Waals surface area contributed by atoms with Crippen LogP contribution in [-0.2, 0) is 0 Å². The van der Waals surface area contributed by atoms with E-state index in [9.17, 15) is 0 Å². The van der Waals surface area contributed by atoms with Crippen LogP contribution < -0.4 is 10.9 Å². The Balaban J connectivity index is 1.86. The molecule has 1 saturated heterocycles. The topological polar surface area (TPSA) is 39.7 Å². The van der Waals surface area contributed by atoms with Crippen LogP contribution in [0.3, 0.4) is 0 Å². The fraction of sp³-hybridized carbons (Fsp3) is 0.833. The third-order valence-corrected chi connectivity index (χ3v) is 2.61. The molecular weight excluding hydrogens is 128 g/mol. The number of hydrogen-bond acceptors (Lipinski definition) is 4. The van der Waals surface area contributed by atoms with Gasteiger partial charge in [-0.2, -0.15) is 5.10 Å². The van der Waals surface area contributed by atoms with Crippen LogP contribution in [0.4, 0.5) is 0 Å². The molecule has 0 spiro atoms. The van der Waals surface area contributed by atoms with Gasteiger partial charge in [0.15, 0.2) is 0 Å². The summed E-state index contributed by atoms with van der Waals surface area (Å²) in [6, 6.07) is 0. The van der Waals surface area contributed by atoms with Crippen LogP contribution in [0.2, 0.25) is 0 Å². The summed E-state index contributed by atoms with van der Waals surface area (Å²) in [4.78, 5) is 0. The Morgan fingerprint density at radius 3 is 3.60 bits per heavy atom. The van der Waals surface area contributed by atoms with Crippen LogP contribution in [0.5, 0.6) is 0 Å². The summed E-state index contributed by atoms with van der Waals surface area (Å²) in [5.41, 5.74) is 6.38. The highest BCUT2D eigenvalue weighted by atomic mass is 15.7. The van der Waals surface area contributed by atoms with E-state index >= 15 is 0 Å². The largest absolute Gasteiger partial charge is 0.285 e. The van der Waals surface area contributed by atoms with E-state index in [1.807, 2.05) is 6.34 Å². The minimum Gasteiger partial charge on any atom is -0.285 e. The molecule has 0 radical (unpaired) electrons. The van der Waals surface area contributed by atoms with Gasteiger partial charge < -0.3 is 0 Å². The van der Waals surface area contributed by atoms with Crippen LogP contribution in [-0.4, -0.2) is 24.1 Å². The van der Waals surface area contributed by atoms with Gasteiger partial charge >= 0.3 is 0 Å². The van der Waals surface area contributed by atoms with E-state index in [1.54, 1.807) is 0 Å². The molecule has 1 aliphatic carbocycles. The standard InChI is InChI=1S/C6H10N4/c1-4-2-8-10-3-7-9-6(10)5(1)4/h3-6,8-9H,1-2H2. The zero-order valence-electron chi connectivity index (χ0n) is 5.62. The second-order valence-corrected chi connectivity index (χ2v) is 3.25. The molecule has 0 aromatic carbocycles. The lowest BCUT2D eigenvalue weighted by Crippen LogP contribution is -2.51. The molecule has 2 aliphatic heterocycles. The molecular formula is C6H10N4. The first-order valence-corrected chi connectivity index (χ1v) is 3.76. The van der Waals surface area contributed by atoms with E-state index in [-0.39, 0.29) is 0 Å². The average Bonchev–Trinajstić information content (AvgIpc) is 2.60. The maximum atomic E-state index is 3.99. The molecule has 3 rings (SSSR count). The molecule has 10 heavy (non-hydrogen) atoms. The van der Waals surface area contributed by atoms with Gasteiger partial charge in [-0.1, -0.05) is 0 Å². The van der Waals surface area contributed by atoms with Crippen molar-refractivity contribution in [1.82, 2.24) is 15.9 Å². The summed E-state index contributed by atoms with van der Waals surface area (Å²) in [5, 5.41) is 6.07. The van der Waals surface area contributed by atoms with Crippen molar-refractivity contribution in [3.8, 4) is 0 Å². The first-order valence-electron chi connectivity index (χ1n) is 3.76.